The standard InChI is InChI=1S/C12H14ClNO5S/c1-4-7(2)14-20(17,18)10-6-8(13)5-9(12(15)16)11(10)19-3/h4-7,14H,1H2,2-3H3,(H,15,16). The molecule has 0 spiro atoms. The first-order chi connectivity index (χ1) is 9.22. The normalized spacial score (nSPS) is 12.8. The maximum atomic E-state index is 12.2. The van der Waals surface area contributed by atoms with Crippen LogP contribution in [-0.4, -0.2) is 32.6 Å². The predicted molar refractivity (Wildman–Crippen MR) is 74.9 cm³/mol. The number of sulfonamides is 1. The van der Waals surface area contributed by atoms with E-state index in [1.165, 1.54) is 13.2 Å². The van der Waals surface area contributed by atoms with Crippen LogP contribution in [0.1, 0.15) is 17.3 Å². The van der Waals surface area contributed by atoms with E-state index in [1.807, 2.05) is 0 Å². The molecule has 0 aliphatic heterocycles. The third kappa shape index (κ3) is 3.50. The van der Waals surface area contributed by atoms with Crippen LogP contribution in [0.15, 0.2) is 29.7 Å². The number of carboxylic acids is 1. The molecule has 1 aromatic rings. The molecule has 20 heavy (non-hydrogen) atoms. The Kier molecular flexibility index (Phi) is 5.15. The van der Waals surface area contributed by atoms with Crippen molar-refractivity contribution in [2.75, 3.05) is 7.11 Å². The molecule has 1 atom stereocenters. The molecular formula is C12H14ClNO5S. The fourth-order valence-corrected chi connectivity index (χ4v) is 3.21. The Hall–Kier alpha value is -1.57. The van der Waals surface area contributed by atoms with Gasteiger partial charge in [0.15, 0.2) is 5.75 Å². The monoisotopic (exact) mass is 319 g/mol. The summed E-state index contributed by atoms with van der Waals surface area (Å²) in [5.74, 6) is -1.61. The van der Waals surface area contributed by atoms with Gasteiger partial charge in [0.05, 0.1) is 7.11 Å². The van der Waals surface area contributed by atoms with Crippen LogP contribution >= 0.6 is 11.6 Å². The number of hydrogen-bond acceptors (Lipinski definition) is 4. The molecule has 110 valence electrons. The lowest BCUT2D eigenvalue weighted by atomic mass is 10.2. The van der Waals surface area contributed by atoms with Crippen molar-refractivity contribution < 1.29 is 23.1 Å². The SMILES string of the molecule is C=CC(C)NS(=O)(=O)c1cc(Cl)cc(C(=O)O)c1OC. The van der Waals surface area contributed by atoms with Crippen LogP contribution in [0.2, 0.25) is 5.02 Å². The second kappa shape index (κ2) is 6.25. The number of halogens is 1. The second-order valence-corrected chi connectivity index (χ2v) is 6.05. The highest BCUT2D eigenvalue weighted by molar-refractivity contribution is 7.89. The van der Waals surface area contributed by atoms with Gasteiger partial charge >= 0.3 is 5.97 Å². The Morgan fingerprint density at radius 2 is 2.15 bits per heavy atom. The fraction of sp³-hybridized carbons (Fsp3) is 0.250. The minimum absolute atomic E-state index is 0.0187. The van der Waals surface area contributed by atoms with Gasteiger partial charge in [-0.2, -0.15) is 0 Å². The molecule has 0 heterocycles. The third-order valence-electron chi connectivity index (χ3n) is 2.44. The molecule has 2 N–H and O–H groups in total. The van der Waals surface area contributed by atoms with Gasteiger partial charge < -0.3 is 9.84 Å². The van der Waals surface area contributed by atoms with Crippen LogP contribution in [0.25, 0.3) is 0 Å². The number of carboxylic acid groups (broad SMARTS) is 1. The fourth-order valence-electron chi connectivity index (χ4n) is 1.49. The third-order valence-corrected chi connectivity index (χ3v) is 4.22. The van der Waals surface area contributed by atoms with Gasteiger partial charge in [0, 0.05) is 11.1 Å². The van der Waals surface area contributed by atoms with Crippen molar-refractivity contribution in [2.24, 2.45) is 0 Å². The van der Waals surface area contributed by atoms with E-state index in [-0.39, 0.29) is 21.2 Å². The highest BCUT2D eigenvalue weighted by Gasteiger charge is 2.26. The maximum Gasteiger partial charge on any atom is 0.339 e. The summed E-state index contributed by atoms with van der Waals surface area (Å²) in [6.07, 6.45) is 1.40. The summed E-state index contributed by atoms with van der Waals surface area (Å²) in [5.41, 5.74) is -0.327. The smallest absolute Gasteiger partial charge is 0.339 e. The van der Waals surface area contributed by atoms with Crippen molar-refractivity contribution in [3.8, 4) is 5.75 Å². The summed E-state index contributed by atoms with van der Waals surface area (Å²) in [5, 5.41) is 9.05. The zero-order chi connectivity index (χ0) is 15.5. The molecule has 1 unspecified atom stereocenters. The number of nitrogens with one attached hydrogen (secondary N) is 1. The van der Waals surface area contributed by atoms with Gasteiger partial charge in [0.2, 0.25) is 10.0 Å². The van der Waals surface area contributed by atoms with Crippen molar-refractivity contribution in [3.05, 3.63) is 35.4 Å². The van der Waals surface area contributed by atoms with Crippen LogP contribution in [-0.2, 0) is 10.0 Å². The lowest BCUT2D eigenvalue weighted by Crippen LogP contribution is -2.31. The molecule has 0 amide bonds. The summed E-state index contributed by atoms with van der Waals surface area (Å²) < 4.78 is 31.7. The Labute approximate surface area is 122 Å². The van der Waals surface area contributed by atoms with Crippen LogP contribution in [0.3, 0.4) is 0 Å². The van der Waals surface area contributed by atoms with E-state index in [1.54, 1.807) is 6.92 Å². The maximum absolute atomic E-state index is 12.2. The lowest BCUT2D eigenvalue weighted by Gasteiger charge is -2.15. The number of aromatic carboxylic acids is 1. The zero-order valence-corrected chi connectivity index (χ0v) is 12.5. The van der Waals surface area contributed by atoms with E-state index in [0.717, 1.165) is 12.1 Å². The first kappa shape index (κ1) is 16.5. The molecule has 0 aliphatic carbocycles. The van der Waals surface area contributed by atoms with Gasteiger partial charge in [-0.3, -0.25) is 0 Å². The molecular weight excluding hydrogens is 306 g/mol. The van der Waals surface area contributed by atoms with Crippen molar-refractivity contribution in [2.45, 2.75) is 17.9 Å². The predicted octanol–water partition coefficient (Wildman–Crippen LogP) is 1.90. The molecule has 1 aromatic carbocycles. The first-order valence-electron chi connectivity index (χ1n) is 5.48. The van der Waals surface area contributed by atoms with E-state index in [4.69, 9.17) is 21.4 Å². The quantitative estimate of drug-likeness (QED) is 0.781. The molecule has 0 saturated heterocycles. The van der Waals surface area contributed by atoms with E-state index in [2.05, 4.69) is 11.3 Å². The van der Waals surface area contributed by atoms with E-state index < -0.39 is 22.0 Å². The Bertz CT molecular complexity index is 641. The van der Waals surface area contributed by atoms with Crippen LogP contribution in [0.4, 0.5) is 0 Å². The summed E-state index contributed by atoms with van der Waals surface area (Å²) >= 11 is 5.77. The van der Waals surface area contributed by atoms with Gasteiger partial charge in [-0.15, -0.1) is 6.58 Å². The molecule has 0 bridgehead atoms. The van der Waals surface area contributed by atoms with Crippen molar-refractivity contribution in [1.29, 1.82) is 0 Å². The minimum atomic E-state index is -3.99. The van der Waals surface area contributed by atoms with Gasteiger partial charge in [-0.1, -0.05) is 17.7 Å². The summed E-state index contributed by atoms with van der Waals surface area (Å²) in [4.78, 5) is 10.8. The average Bonchev–Trinajstić information content (AvgIpc) is 2.36. The zero-order valence-electron chi connectivity index (χ0n) is 10.9. The minimum Gasteiger partial charge on any atom is -0.494 e. The number of methoxy groups -OCH3 is 1. The van der Waals surface area contributed by atoms with Gasteiger partial charge in [-0.25, -0.2) is 17.9 Å². The highest BCUT2D eigenvalue weighted by atomic mass is 35.5. The second-order valence-electron chi connectivity index (χ2n) is 3.94. The number of carbonyl (C=O) groups is 1. The topological polar surface area (TPSA) is 92.7 Å². The molecule has 0 aliphatic rings. The molecule has 1 rings (SSSR count). The van der Waals surface area contributed by atoms with Crippen LogP contribution in [0, 0.1) is 0 Å². The van der Waals surface area contributed by atoms with Gasteiger partial charge in [0.25, 0.3) is 0 Å². The summed E-state index contributed by atoms with van der Waals surface area (Å²) in [6, 6.07) is 1.72. The van der Waals surface area contributed by atoms with Crippen molar-refractivity contribution >= 4 is 27.6 Å². The molecule has 6 nitrogen and oxygen atoms in total. The number of rotatable bonds is 6. The Balaban J connectivity index is 3.51. The molecule has 0 fully saturated rings. The molecule has 0 radical (unpaired) electrons. The highest BCUT2D eigenvalue weighted by Crippen LogP contribution is 2.31. The van der Waals surface area contributed by atoms with Crippen molar-refractivity contribution in [3.63, 3.8) is 0 Å². The van der Waals surface area contributed by atoms with Crippen LogP contribution < -0.4 is 9.46 Å². The number of ether oxygens (including phenoxy) is 1. The Morgan fingerprint density at radius 3 is 2.60 bits per heavy atom. The van der Waals surface area contributed by atoms with E-state index >= 15 is 0 Å². The van der Waals surface area contributed by atoms with E-state index in [0.29, 0.717) is 0 Å². The van der Waals surface area contributed by atoms with Gasteiger partial charge in [0.1, 0.15) is 10.5 Å². The largest absolute Gasteiger partial charge is 0.494 e. The van der Waals surface area contributed by atoms with Crippen molar-refractivity contribution in [1.82, 2.24) is 4.72 Å². The summed E-state index contributed by atoms with van der Waals surface area (Å²) in [6.45, 7) is 5.05. The van der Waals surface area contributed by atoms with Gasteiger partial charge in [-0.05, 0) is 19.1 Å². The van der Waals surface area contributed by atoms with E-state index in [9.17, 15) is 13.2 Å². The van der Waals surface area contributed by atoms with Crippen LogP contribution in [0.5, 0.6) is 5.75 Å². The average molecular weight is 320 g/mol. The lowest BCUT2D eigenvalue weighted by molar-refractivity contribution is 0.0693. The number of benzene rings is 1. The molecule has 8 heteroatoms. The Morgan fingerprint density at radius 1 is 1.55 bits per heavy atom. The first-order valence-corrected chi connectivity index (χ1v) is 7.34. The molecule has 0 saturated carbocycles. The summed E-state index contributed by atoms with van der Waals surface area (Å²) in [7, 11) is -2.80. The number of hydrogen-bond donors (Lipinski definition) is 2. The molecule has 0 aromatic heterocycles.